The Morgan fingerprint density at radius 2 is 1.88 bits per heavy atom. The van der Waals surface area contributed by atoms with Crippen LogP contribution in [0.3, 0.4) is 0 Å². The van der Waals surface area contributed by atoms with E-state index in [1.165, 1.54) is 0 Å². The van der Waals surface area contributed by atoms with Crippen molar-refractivity contribution in [2.75, 3.05) is 10.6 Å². The summed E-state index contributed by atoms with van der Waals surface area (Å²) in [5.74, 6) is 0.0398. The first-order valence-corrected chi connectivity index (χ1v) is 7.88. The highest BCUT2D eigenvalue weighted by atomic mass is 16.5. The van der Waals surface area contributed by atoms with Crippen LogP contribution < -0.4 is 15.4 Å². The van der Waals surface area contributed by atoms with Crippen molar-refractivity contribution in [3.63, 3.8) is 0 Å². The summed E-state index contributed by atoms with van der Waals surface area (Å²) in [5, 5.41) is 5.68. The summed E-state index contributed by atoms with van der Waals surface area (Å²) in [6.45, 7) is 5.81. The second-order valence-electron chi connectivity index (χ2n) is 6.11. The third-order valence-electron chi connectivity index (χ3n) is 4.07. The van der Waals surface area contributed by atoms with Gasteiger partial charge in [0.05, 0.1) is 12.1 Å². The first kappa shape index (κ1) is 16.1. The van der Waals surface area contributed by atoms with Gasteiger partial charge in [-0.3, -0.25) is 9.59 Å². The van der Waals surface area contributed by atoms with Crippen molar-refractivity contribution in [1.29, 1.82) is 0 Å². The van der Waals surface area contributed by atoms with E-state index < -0.39 is 6.10 Å². The first-order valence-electron chi connectivity index (χ1n) is 7.88. The molecule has 3 rings (SSSR count). The smallest absolute Gasteiger partial charge is 0.266 e. The third-order valence-corrected chi connectivity index (χ3v) is 4.07. The Labute approximate surface area is 141 Å². The van der Waals surface area contributed by atoms with Crippen LogP contribution in [0, 0.1) is 20.8 Å². The van der Waals surface area contributed by atoms with Gasteiger partial charge in [0, 0.05) is 5.69 Å². The molecule has 1 unspecified atom stereocenters. The van der Waals surface area contributed by atoms with Gasteiger partial charge >= 0.3 is 0 Å². The van der Waals surface area contributed by atoms with E-state index in [9.17, 15) is 9.59 Å². The first-order chi connectivity index (χ1) is 11.4. The van der Waals surface area contributed by atoms with Gasteiger partial charge in [-0.05, 0) is 49.6 Å². The number of rotatable bonds is 3. The predicted octanol–water partition coefficient (Wildman–Crippen LogP) is 3.34. The highest BCUT2D eigenvalue weighted by Gasteiger charge is 2.29. The molecule has 0 bridgehead atoms. The molecule has 2 aromatic rings. The van der Waals surface area contributed by atoms with Crippen molar-refractivity contribution in [2.24, 2.45) is 0 Å². The molecule has 0 aromatic heterocycles. The number of amides is 2. The lowest BCUT2D eigenvalue weighted by molar-refractivity contribution is -0.128. The maximum Gasteiger partial charge on any atom is 0.266 e. The number of hydrogen-bond donors (Lipinski definition) is 2. The number of anilines is 2. The molecule has 0 fully saturated rings. The molecule has 5 heteroatoms. The van der Waals surface area contributed by atoms with Crippen molar-refractivity contribution >= 4 is 23.2 Å². The monoisotopic (exact) mass is 324 g/mol. The largest absolute Gasteiger partial charge is 0.478 e. The summed E-state index contributed by atoms with van der Waals surface area (Å²) in [7, 11) is 0. The van der Waals surface area contributed by atoms with Gasteiger partial charge < -0.3 is 15.4 Å². The summed E-state index contributed by atoms with van der Waals surface area (Å²) < 4.78 is 5.70. The molecular formula is C19H20N2O3. The van der Waals surface area contributed by atoms with Crippen LogP contribution in [0.5, 0.6) is 5.75 Å². The minimum Gasteiger partial charge on any atom is -0.478 e. The fraction of sp³-hybridized carbons (Fsp3) is 0.263. The molecule has 5 nitrogen and oxygen atoms in total. The van der Waals surface area contributed by atoms with Crippen molar-refractivity contribution < 1.29 is 14.3 Å². The molecule has 0 aliphatic carbocycles. The molecule has 0 radical (unpaired) electrons. The number of nitrogens with one attached hydrogen (secondary N) is 2. The number of carbonyl (C=O) groups excluding carboxylic acids is 2. The third kappa shape index (κ3) is 3.25. The maximum atomic E-state index is 12.3. The molecule has 0 saturated carbocycles. The Balaban J connectivity index is 1.71. The van der Waals surface area contributed by atoms with Gasteiger partial charge in [0.15, 0.2) is 6.10 Å². The number of hydrogen-bond acceptors (Lipinski definition) is 3. The van der Waals surface area contributed by atoms with Gasteiger partial charge in [0.25, 0.3) is 5.91 Å². The summed E-state index contributed by atoms with van der Waals surface area (Å²) in [5.41, 5.74) is 4.43. The van der Waals surface area contributed by atoms with E-state index in [0.29, 0.717) is 11.4 Å². The summed E-state index contributed by atoms with van der Waals surface area (Å²) in [6, 6.07) is 11.4. The Morgan fingerprint density at radius 3 is 2.58 bits per heavy atom. The van der Waals surface area contributed by atoms with Gasteiger partial charge in [-0.1, -0.05) is 24.3 Å². The van der Waals surface area contributed by atoms with Crippen LogP contribution in [0.25, 0.3) is 0 Å². The van der Waals surface area contributed by atoms with E-state index in [-0.39, 0.29) is 18.2 Å². The van der Waals surface area contributed by atoms with Gasteiger partial charge in [0.2, 0.25) is 5.91 Å². The average Bonchev–Trinajstić information content (AvgIpc) is 2.52. The van der Waals surface area contributed by atoms with E-state index in [4.69, 9.17) is 4.74 Å². The molecule has 2 aromatic carbocycles. The normalized spacial score (nSPS) is 16.0. The Morgan fingerprint density at radius 1 is 1.17 bits per heavy atom. The van der Waals surface area contributed by atoms with E-state index in [1.807, 2.05) is 51.1 Å². The maximum absolute atomic E-state index is 12.3. The second kappa shape index (κ2) is 6.35. The zero-order chi connectivity index (χ0) is 17.3. The minimum absolute atomic E-state index is 0.0348. The summed E-state index contributed by atoms with van der Waals surface area (Å²) in [6.07, 6.45) is -0.864. The predicted molar refractivity (Wildman–Crippen MR) is 93.4 cm³/mol. The fourth-order valence-corrected chi connectivity index (χ4v) is 2.77. The van der Waals surface area contributed by atoms with E-state index >= 15 is 0 Å². The average molecular weight is 324 g/mol. The number of para-hydroxylation sites is 1. The molecule has 24 heavy (non-hydrogen) atoms. The number of ether oxygens (including phenoxy) is 1. The quantitative estimate of drug-likeness (QED) is 0.910. The molecule has 0 spiro atoms. The Kier molecular flexibility index (Phi) is 4.25. The van der Waals surface area contributed by atoms with Crippen LogP contribution in [-0.4, -0.2) is 17.9 Å². The topological polar surface area (TPSA) is 67.4 Å². The number of aryl methyl sites for hydroxylation is 3. The van der Waals surface area contributed by atoms with Gasteiger partial charge in [-0.15, -0.1) is 0 Å². The number of fused-ring (bicyclic) bond motifs is 1. The molecular weight excluding hydrogens is 304 g/mol. The minimum atomic E-state index is -0.829. The number of benzene rings is 2. The van der Waals surface area contributed by atoms with Crippen LogP contribution in [0.2, 0.25) is 0 Å². The Hall–Kier alpha value is -2.82. The highest BCUT2D eigenvalue weighted by Crippen LogP contribution is 2.31. The second-order valence-corrected chi connectivity index (χ2v) is 6.11. The number of carbonyl (C=O) groups is 2. The van der Waals surface area contributed by atoms with Gasteiger partial charge in [0.1, 0.15) is 5.75 Å². The molecule has 1 heterocycles. The molecule has 2 amide bonds. The lowest BCUT2D eigenvalue weighted by atomic mass is 10.1. The summed E-state index contributed by atoms with van der Waals surface area (Å²) in [4.78, 5) is 24.5. The zero-order valence-corrected chi connectivity index (χ0v) is 14.0. The van der Waals surface area contributed by atoms with Crippen LogP contribution in [0.4, 0.5) is 11.4 Å². The highest BCUT2D eigenvalue weighted by molar-refractivity contribution is 6.02. The van der Waals surface area contributed by atoms with Crippen LogP contribution >= 0.6 is 0 Å². The zero-order valence-electron chi connectivity index (χ0n) is 14.0. The van der Waals surface area contributed by atoms with E-state index in [0.717, 1.165) is 22.4 Å². The molecule has 124 valence electrons. The molecule has 1 atom stereocenters. The molecule has 1 aliphatic rings. The molecule has 1 aliphatic heterocycles. The van der Waals surface area contributed by atoms with Crippen molar-refractivity contribution in [1.82, 2.24) is 0 Å². The fourth-order valence-electron chi connectivity index (χ4n) is 2.77. The molecule has 2 N–H and O–H groups in total. The van der Waals surface area contributed by atoms with Crippen LogP contribution in [-0.2, 0) is 9.59 Å². The lowest BCUT2D eigenvalue weighted by Crippen LogP contribution is -2.39. The standard InChI is InChI=1S/C19H20N2O3/c1-11-7-8-15-14(9-11)20-19(23)16(24-15)10-17(22)21-18-12(2)5-4-6-13(18)3/h4-9,16H,10H2,1-3H3,(H,20,23)(H,21,22). The van der Waals surface area contributed by atoms with Gasteiger partial charge in [-0.2, -0.15) is 0 Å². The SMILES string of the molecule is Cc1ccc2c(c1)NC(=O)C(CC(=O)Nc1c(C)cccc1C)O2. The van der Waals surface area contributed by atoms with Gasteiger partial charge in [-0.25, -0.2) is 0 Å². The Bertz CT molecular complexity index is 794. The van der Waals surface area contributed by atoms with Crippen LogP contribution in [0.15, 0.2) is 36.4 Å². The van der Waals surface area contributed by atoms with E-state index in [1.54, 1.807) is 6.07 Å². The molecule has 0 saturated heterocycles. The lowest BCUT2D eigenvalue weighted by Gasteiger charge is -2.26. The summed E-state index contributed by atoms with van der Waals surface area (Å²) >= 11 is 0. The van der Waals surface area contributed by atoms with E-state index in [2.05, 4.69) is 10.6 Å². The van der Waals surface area contributed by atoms with Crippen molar-refractivity contribution in [3.05, 3.63) is 53.1 Å². The van der Waals surface area contributed by atoms with Crippen molar-refractivity contribution in [3.8, 4) is 5.75 Å². The van der Waals surface area contributed by atoms with Crippen LogP contribution in [0.1, 0.15) is 23.1 Å². The van der Waals surface area contributed by atoms with Crippen molar-refractivity contribution in [2.45, 2.75) is 33.3 Å².